The number of tetrazole rings is 1. The van der Waals surface area contributed by atoms with E-state index >= 15 is 0 Å². The number of aromatic nitrogens is 4. The van der Waals surface area contributed by atoms with Crippen LogP contribution < -0.4 is 5.73 Å². The van der Waals surface area contributed by atoms with Crippen LogP contribution in [0.4, 0.5) is 4.39 Å². The Hall–Kier alpha value is -1.34. The zero-order chi connectivity index (χ0) is 11.7. The number of nitrogens with zero attached hydrogens (tertiary/aromatic N) is 4. The van der Waals surface area contributed by atoms with Crippen LogP contribution >= 0.6 is 15.9 Å². The Morgan fingerprint density at radius 2 is 2.25 bits per heavy atom. The van der Waals surface area contributed by atoms with Gasteiger partial charge in [-0.15, -0.1) is 5.10 Å². The van der Waals surface area contributed by atoms with Crippen LogP contribution in [0.15, 0.2) is 16.6 Å². The molecule has 0 atom stereocenters. The van der Waals surface area contributed by atoms with Gasteiger partial charge in [0.25, 0.3) is 0 Å². The van der Waals surface area contributed by atoms with Gasteiger partial charge in [-0.2, -0.15) is 4.68 Å². The molecule has 1 aromatic heterocycles. The molecule has 0 saturated carbocycles. The number of aryl methyl sites for hydroxylation is 1. The molecule has 1 heterocycles. The van der Waals surface area contributed by atoms with E-state index in [0.29, 0.717) is 16.0 Å². The third kappa shape index (κ3) is 1.83. The van der Waals surface area contributed by atoms with Crippen molar-refractivity contribution in [3.63, 3.8) is 0 Å². The molecule has 0 radical (unpaired) electrons. The molecule has 2 rings (SSSR count). The highest BCUT2D eigenvalue weighted by atomic mass is 79.9. The molecule has 0 spiro atoms. The van der Waals surface area contributed by atoms with E-state index in [1.807, 2.05) is 6.92 Å². The van der Waals surface area contributed by atoms with Crippen molar-refractivity contribution in [1.29, 1.82) is 0 Å². The average Bonchev–Trinajstić information content (AvgIpc) is 2.71. The van der Waals surface area contributed by atoms with Crippen molar-refractivity contribution in [2.24, 2.45) is 5.73 Å². The molecule has 16 heavy (non-hydrogen) atoms. The Kier molecular flexibility index (Phi) is 2.97. The Balaban J connectivity index is 2.60. The summed E-state index contributed by atoms with van der Waals surface area (Å²) < 4.78 is 15.3. The number of hydrogen-bond acceptors (Lipinski definition) is 4. The number of nitrogens with two attached hydrogens (primary N) is 1. The number of benzene rings is 1. The van der Waals surface area contributed by atoms with Crippen molar-refractivity contribution in [3.8, 4) is 5.69 Å². The van der Waals surface area contributed by atoms with Crippen molar-refractivity contribution < 1.29 is 4.39 Å². The topological polar surface area (TPSA) is 69.6 Å². The van der Waals surface area contributed by atoms with Gasteiger partial charge >= 0.3 is 0 Å². The molecule has 7 heteroatoms. The summed E-state index contributed by atoms with van der Waals surface area (Å²) in [7, 11) is 0. The summed E-state index contributed by atoms with van der Waals surface area (Å²) >= 11 is 3.12. The molecule has 2 aromatic rings. The number of rotatable bonds is 2. The molecular formula is C9H9BrFN5. The van der Waals surface area contributed by atoms with E-state index < -0.39 is 0 Å². The van der Waals surface area contributed by atoms with E-state index in [-0.39, 0.29) is 12.4 Å². The fourth-order valence-electron chi connectivity index (χ4n) is 1.38. The SMILES string of the molecule is Cc1cc(Br)c(F)cc1-n1nnnc1CN. The first-order chi connectivity index (χ1) is 7.63. The lowest BCUT2D eigenvalue weighted by molar-refractivity contribution is 0.616. The summed E-state index contributed by atoms with van der Waals surface area (Å²) in [6.07, 6.45) is 0. The van der Waals surface area contributed by atoms with Gasteiger partial charge in [-0.25, -0.2) is 4.39 Å². The van der Waals surface area contributed by atoms with E-state index in [9.17, 15) is 4.39 Å². The van der Waals surface area contributed by atoms with Crippen LogP contribution in [-0.4, -0.2) is 20.2 Å². The smallest absolute Gasteiger partial charge is 0.170 e. The van der Waals surface area contributed by atoms with Crippen LogP contribution in [0.25, 0.3) is 5.69 Å². The van der Waals surface area contributed by atoms with Gasteiger partial charge in [-0.1, -0.05) is 0 Å². The van der Waals surface area contributed by atoms with Crippen LogP contribution in [0.3, 0.4) is 0 Å². The van der Waals surface area contributed by atoms with E-state index in [0.717, 1.165) is 5.56 Å². The molecule has 0 bridgehead atoms. The quantitative estimate of drug-likeness (QED) is 0.904. The fourth-order valence-corrected chi connectivity index (χ4v) is 1.84. The molecule has 0 aliphatic carbocycles. The van der Waals surface area contributed by atoms with Gasteiger partial charge in [0.15, 0.2) is 5.82 Å². The Morgan fingerprint density at radius 3 is 2.94 bits per heavy atom. The van der Waals surface area contributed by atoms with E-state index in [4.69, 9.17) is 5.73 Å². The van der Waals surface area contributed by atoms with Gasteiger partial charge in [0.2, 0.25) is 0 Å². The summed E-state index contributed by atoms with van der Waals surface area (Å²) in [4.78, 5) is 0. The molecule has 0 aliphatic rings. The minimum atomic E-state index is -0.362. The summed E-state index contributed by atoms with van der Waals surface area (Å²) in [6.45, 7) is 2.05. The van der Waals surface area contributed by atoms with Gasteiger partial charge in [-0.3, -0.25) is 0 Å². The Morgan fingerprint density at radius 1 is 1.50 bits per heavy atom. The van der Waals surface area contributed by atoms with Crippen LogP contribution in [0.2, 0.25) is 0 Å². The molecule has 0 unspecified atom stereocenters. The van der Waals surface area contributed by atoms with Gasteiger partial charge < -0.3 is 5.73 Å². The van der Waals surface area contributed by atoms with Crippen molar-refractivity contribution in [2.75, 3.05) is 0 Å². The lowest BCUT2D eigenvalue weighted by atomic mass is 10.2. The van der Waals surface area contributed by atoms with Gasteiger partial charge in [-0.05, 0) is 44.9 Å². The minimum absolute atomic E-state index is 0.199. The lowest BCUT2D eigenvalue weighted by Gasteiger charge is -2.07. The normalized spacial score (nSPS) is 10.8. The summed E-state index contributed by atoms with van der Waals surface area (Å²) in [5, 5.41) is 11.0. The predicted octanol–water partition coefficient (Wildman–Crippen LogP) is 1.33. The van der Waals surface area contributed by atoms with E-state index in [2.05, 4.69) is 31.5 Å². The van der Waals surface area contributed by atoms with Gasteiger partial charge in [0.05, 0.1) is 16.7 Å². The fraction of sp³-hybridized carbons (Fsp3) is 0.222. The molecule has 5 nitrogen and oxygen atoms in total. The van der Waals surface area contributed by atoms with Crippen molar-refractivity contribution >= 4 is 15.9 Å². The number of halogens is 2. The molecule has 1 aromatic carbocycles. The second-order valence-electron chi connectivity index (χ2n) is 3.26. The lowest BCUT2D eigenvalue weighted by Crippen LogP contribution is -2.09. The monoisotopic (exact) mass is 285 g/mol. The van der Waals surface area contributed by atoms with Crippen LogP contribution in [0.1, 0.15) is 11.4 Å². The third-order valence-electron chi connectivity index (χ3n) is 2.18. The van der Waals surface area contributed by atoms with Crippen LogP contribution in [0.5, 0.6) is 0 Å². The summed E-state index contributed by atoms with van der Waals surface area (Å²) in [6, 6.07) is 3.04. The standard InChI is InChI=1S/C9H9BrFN5/c1-5-2-6(10)7(11)3-8(5)16-9(4-12)13-14-15-16/h2-3H,4,12H2,1H3. The number of hydrogen-bond donors (Lipinski definition) is 1. The van der Waals surface area contributed by atoms with Crippen LogP contribution in [0, 0.1) is 12.7 Å². The van der Waals surface area contributed by atoms with Crippen molar-refractivity contribution in [3.05, 3.63) is 33.8 Å². The maximum absolute atomic E-state index is 13.4. The highest BCUT2D eigenvalue weighted by Gasteiger charge is 2.11. The van der Waals surface area contributed by atoms with E-state index in [1.165, 1.54) is 10.7 Å². The molecule has 0 fully saturated rings. The van der Waals surface area contributed by atoms with Crippen LogP contribution in [-0.2, 0) is 6.54 Å². The summed E-state index contributed by atoms with van der Waals surface area (Å²) in [5.74, 6) is 0.129. The van der Waals surface area contributed by atoms with Crippen molar-refractivity contribution in [1.82, 2.24) is 20.2 Å². The van der Waals surface area contributed by atoms with Crippen molar-refractivity contribution in [2.45, 2.75) is 13.5 Å². The minimum Gasteiger partial charge on any atom is -0.324 e. The molecule has 84 valence electrons. The molecular weight excluding hydrogens is 277 g/mol. The van der Waals surface area contributed by atoms with Gasteiger partial charge in [0.1, 0.15) is 5.82 Å². The largest absolute Gasteiger partial charge is 0.324 e. The third-order valence-corrected chi connectivity index (χ3v) is 2.79. The first-order valence-electron chi connectivity index (χ1n) is 4.57. The maximum atomic E-state index is 13.4. The second kappa shape index (κ2) is 4.26. The molecule has 0 aliphatic heterocycles. The Labute approximate surface area is 99.6 Å². The first kappa shape index (κ1) is 11.2. The van der Waals surface area contributed by atoms with Gasteiger partial charge in [0, 0.05) is 6.07 Å². The summed E-state index contributed by atoms with van der Waals surface area (Å²) in [5.41, 5.74) is 6.93. The molecule has 0 saturated heterocycles. The highest BCUT2D eigenvalue weighted by Crippen LogP contribution is 2.22. The highest BCUT2D eigenvalue weighted by molar-refractivity contribution is 9.10. The predicted molar refractivity (Wildman–Crippen MR) is 59.4 cm³/mol. The van der Waals surface area contributed by atoms with E-state index in [1.54, 1.807) is 6.07 Å². The average molecular weight is 286 g/mol. The Bertz CT molecular complexity index is 525. The zero-order valence-corrected chi connectivity index (χ0v) is 10.1. The maximum Gasteiger partial charge on any atom is 0.170 e. The second-order valence-corrected chi connectivity index (χ2v) is 4.12. The molecule has 0 amide bonds. The first-order valence-corrected chi connectivity index (χ1v) is 5.36. The zero-order valence-electron chi connectivity index (χ0n) is 8.48. The molecule has 2 N–H and O–H groups in total.